The zero-order valence-corrected chi connectivity index (χ0v) is 9.45. The molecule has 1 heterocycles. The van der Waals surface area contributed by atoms with Gasteiger partial charge in [0.15, 0.2) is 0 Å². The van der Waals surface area contributed by atoms with Crippen LogP contribution >= 0.6 is 11.3 Å². The third-order valence-electron chi connectivity index (χ3n) is 1.90. The Hall–Kier alpha value is -1.23. The van der Waals surface area contributed by atoms with Crippen LogP contribution in [0.5, 0.6) is 0 Å². The van der Waals surface area contributed by atoms with Crippen LogP contribution in [0.4, 0.5) is 0 Å². The number of carbonyl (C=O) groups is 1. The third kappa shape index (κ3) is 3.13. The highest BCUT2D eigenvalue weighted by molar-refractivity contribution is 7.12. The lowest BCUT2D eigenvalue weighted by Crippen LogP contribution is -2.06. The van der Waals surface area contributed by atoms with Crippen LogP contribution in [-0.4, -0.2) is 11.1 Å². The fourth-order valence-electron chi connectivity index (χ4n) is 1.27. The maximum absolute atomic E-state index is 10.7. The van der Waals surface area contributed by atoms with Crippen LogP contribution in [0.15, 0.2) is 17.3 Å². The van der Waals surface area contributed by atoms with Gasteiger partial charge in [-0.3, -0.25) is 0 Å². The van der Waals surface area contributed by atoms with Crippen LogP contribution in [0.2, 0.25) is 0 Å². The van der Waals surface area contributed by atoms with Gasteiger partial charge in [0.25, 0.3) is 0 Å². The average Bonchev–Trinajstić information content (AvgIpc) is 2.52. The molecule has 1 N–H and O–H groups in total. The van der Waals surface area contributed by atoms with E-state index < -0.39 is 12.0 Å². The lowest BCUT2D eigenvalue weighted by atomic mass is 10.1. The Labute approximate surface area is 91.9 Å². The average molecular weight is 227 g/mol. The van der Waals surface area contributed by atoms with Crippen molar-refractivity contribution in [1.82, 2.24) is 0 Å². The van der Waals surface area contributed by atoms with Crippen molar-refractivity contribution in [3.05, 3.63) is 26.8 Å². The van der Waals surface area contributed by atoms with Gasteiger partial charge in [0, 0.05) is 9.75 Å². The minimum atomic E-state index is -1.25. The minimum Gasteiger partial charge on any atom is -0.479 e. The Morgan fingerprint density at radius 1 is 1.53 bits per heavy atom. The van der Waals surface area contributed by atoms with Gasteiger partial charge in [-0.15, -0.1) is 16.2 Å². The largest absolute Gasteiger partial charge is 0.479 e. The summed E-state index contributed by atoms with van der Waals surface area (Å²) in [6, 6.07) is 2.28. The molecule has 0 spiro atoms. The Morgan fingerprint density at radius 2 is 2.20 bits per heavy atom. The first-order valence-electron chi connectivity index (χ1n) is 4.68. The summed E-state index contributed by atoms with van der Waals surface area (Å²) in [5, 5.41) is 11.3. The van der Waals surface area contributed by atoms with Crippen molar-refractivity contribution in [3.63, 3.8) is 0 Å². The van der Waals surface area contributed by atoms with E-state index in [-0.39, 0.29) is 0 Å². The first-order valence-corrected chi connectivity index (χ1v) is 5.50. The number of thiophene rings is 1. The molecule has 0 saturated carbocycles. The highest BCUT2D eigenvalue weighted by Crippen LogP contribution is 2.27. The second kappa shape index (κ2) is 5.02. The second-order valence-corrected chi connectivity index (χ2v) is 4.95. The van der Waals surface area contributed by atoms with Crippen molar-refractivity contribution < 1.29 is 9.90 Å². The van der Waals surface area contributed by atoms with Gasteiger partial charge in [-0.1, -0.05) is 13.8 Å². The molecule has 15 heavy (non-hydrogen) atoms. The fourth-order valence-corrected chi connectivity index (χ4v) is 2.52. The van der Waals surface area contributed by atoms with Gasteiger partial charge in [0.05, 0.1) is 0 Å². The van der Waals surface area contributed by atoms with E-state index in [0.717, 1.165) is 11.3 Å². The van der Waals surface area contributed by atoms with Crippen molar-refractivity contribution >= 4 is 17.3 Å². The second-order valence-electron chi connectivity index (χ2n) is 3.75. The van der Waals surface area contributed by atoms with E-state index in [1.165, 1.54) is 11.3 Å². The highest BCUT2D eigenvalue weighted by Gasteiger charge is 2.22. The molecule has 0 aromatic carbocycles. The van der Waals surface area contributed by atoms with E-state index in [0.29, 0.717) is 10.8 Å². The highest BCUT2D eigenvalue weighted by atomic mass is 32.1. The van der Waals surface area contributed by atoms with E-state index in [4.69, 9.17) is 5.11 Å². The summed E-state index contributed by atoms with van der Waals surface area (Å²) in [4.78, 5) is 22.6. The predicted molar refractivity (Wildman–Crippen MR) is 59.0 cm³/mol. The van der Waals surface area contributed by atoms with E-state index in [2.05, 4.69) is 19.0 Å². The fraction of sp³-hybridized carbons (Fsp3) is 0.500. The monoisotopic (exact) mass is 227 g/mol. The summed E-state index contributed by atoms with van der Waals surface area (Å²) in [7, 11) is 0. The molecule has 0 aliphatic heterocycles. The first-order chi connectivity index (χ1) is 7.04. The van der Waals surface area contributed by atoms with Gasteiger partial charge in [0.1, 0.15) is 0 Å². The zero-order chi connectivity index (χ0) is 11.4. The summed E-state index contributed by atoms with van der Waals surface area (Å²) >= 11 is 1.35. The molecular weight excluding hydrogens is 214 g/mol. The Balaban J connectivity index is 2.82. The Bertz CT molecular complexity index is 359. The molecule has 0 amide bonds. The van der Waals surface area contributed by atoms with Crippen LogP contribution in [0, 0.1) is 10.8 Å². The molecule has 1 aromatic rings. The van der Waals surface area contributed by atoms with Crippen molar-refractivity contribution in [2.45, 2.75) is 26.3 Å². The predicted octanol–water partition coefficient (Wildman–Crippen LogP) is 2.84. The summed E-state index contributed by atoms with van der Waals surface area (Å²) in [5.41, 5.74) is 0. The Morgan fingerprint density at radius 3 is 2.67 bits per heavy atom. The number of rotatable bonds is 5. The van der Waals surface area contributed by atoms with E-state index in [1.807, 2.05) is 6.07 Å². The van der Waals surface area contributed by atoms with Gasteiger partial charge >= 0.3 is 5.97 Å². The third-order valence-corrected chi connectivity index (χ3v) is 3.06. The number of nitrogens with zero attached hydrogens (tertiary/aromatic N) is 1. The van der Waals surface area contributed by atoms with E-state index in [1.54, 1.807) is 6.07 Å². The van der Waals surface area contributed by atoms with Crippen molar-refractivity contribution in [2.75, 3.05) is 0 Å². The number of carboxylic acids is 1. The quantitative estimate of drug-likeness (QED) is 0.786. The zero-order valence-electron chi connectivity index (χ0n) is 8.64. The van der Waals surface area contributed by atoms with Crippen molar-refractivity contribution in [3.8, 4) is 0 Å². The molecule has 0 saturated heterocycles. The van der Waals surface area contributed by atoms with Gasteiger partial charge in [-0.05, 0) is 29.6 Å². The number of aliphatic carboxylic acids is 1. The lowest BCUT2D eigenvalue weighted by molar-refractivity contribution is -0.138. The summed E-state index contributed by atoms with van der Waals surface area (Å²) in [5.74, 6) is -0.674. The summed E-state index contributed by atoms with van der Waals surface area (Å²) in [6.07, 6.45) is 0.899. The summed E-state index contributed by atoms with van der Waals surface area (Å²) < 4.78 is 0. The van der Waals surface area contributed by atoms with Crippen LogP contribution in [0.3, 0.4) is 0 Å². The maximum atomic E-state index is 10.7. The van der Waals surface area contributed by atoms with Crippen LogP contribution < -0.4 is 0 Å². The number of carboxylic acid groups (broad SMARTS) is 1. The van der Waals surface area contributed by atoms with Gasteiger partial charge in [-0.2, -0.15) is 0 Å². The maximum Gasteiger partial charge on any atom is 0.337 e. The molecular formula is C10H13NO3S. The molecule has 1 unspecified atom stereocenters. The molecule has 1 aromatic heterocycles. The molecule has 0 aliphatic rings. The van der Waals surface area contributed by atoms with Gasteiger partial charge in [-0.25, -0.2) is 4.79 Å². The van der Waals surface area contributed by atoms with Crippen LogP contribution in [-0.2, 0) is 11.2 Å². The molecule has 5 heteroatoms. The molecule has 0 aliphatic carbocycles. The number of hydrogen-bond donors (Lipinski definition) is 1. The Kier molecular flexibility index (Phi) is 3.96. The number of nitroso groups, excluding NO2 is 1. The molecule has 82 valence electrons. The first kappa shape index (κ1) is 11.8. The lowest BCUT2D eigenvalue weighted by Gasteiger charge is -2.01. The molecule has 0 radical (unpaired) electrons. The molecule has 4 nitrogen and oxygen atoms in total. The van der Waals surface area contributed by atoms with Crippen molar-refractivity contribution in [1.29, 1.82) is 0 Å². The molecule has 1 atom stereocenters. The SMILES string of the molecule is CC(C)Cc1ccc(C(N=O)C(=O)O)s1. The molecule has 0 bridgehead atoms. The van der Waals surface area contributed by atoms with E-state index >= 15 is 0 Å². The van der Waals surface area contributed by atoms with Crippen molar-refractivity contribution in [2.24, 2.45) is 11.1 Å². The van der Waals surface area contributed by atoms with Gasteiger partial charge < -0.3 is 5.11 Å². The van der Waals surface area contributed by atoms with E-state index in [9.17, 15) is 9.70 Å². The van der Waals surface area contributed by atoms with Crippen LogP contribution in [0.25, 0.3) is 0 Å². The summed E-state index contributed by atoms with van der Waals surface area (Å²) in [6.45, 7) is 4.18. The number of hydrogen-bond acceptors (Lipinski definition) is 4. The topological polar surface area (TPSA) is 66.7 Å². The van der Waals surface area contributed by atoms with Crippen LogP contribution in [0.1, 0.15) is 29.6 Å². The molecule has 1 rings (SSSR count). The normalized spacial score (nSPS) is 12.7. The van der Waals surface area contributed by atoms with Gasteiger partial charge in [0.2, 0.25) is 6.04 Å². The standard InChI is InChI=1S/C10H13NO3S/c1-6(2)5-7-3-4-8(15-7)9(11-14)10(12)13/h3-4,6,9H,5H2,1-2H3,(H,12,13). The smallest absolute Gasteiger partial charge is 0.337 e. The molecule has 0 fully saturated rings. The minimum absolute atomic E-state index is 0.508.